The normalized spacial score (nSPS) is 10.7. The van der Waals surface area contributed by atoms with Gasteiger partial charge in [0.1, 0.15) is 0 Å². The fourth-order valence-corrected chi connectivity index (χ4v) is 1.86. The molecule has 1 aromatic rings. The number of carbonyl (C=O) groups is 2. The molecular formula is C17H25NO3. The summed E-state index contributed by atoms with van der Waals surface area (Å²) >= 11 is 0. The van der Waals surface area contributed by atoms with Crippen molar-refractivity contribution in [3.05, 3.63) is 34.9 Å². The van der Waals surface area contributed by atoms with Crippen LogP contribution in [0.25, 0.3) is 0 Å². The van der Waals surface area contributed by atoms with Gasteiger partial charge in [-0.25, -0.2) is 0 Å². The molecule has 0 spiro atoms. The van der Waals surface area contributed by atoms with E-state index >= 15 is 0 Å². The average Bonchev–Trinajstić information content (AvgIpc) is 2.43. The fraction of sp³-hybridized carbons (Fsp3) is 0.529. The van der Waals surface area contributed by atoms with Crippen molar-refractivity contribution in [1.82, 2.24) is 5.32 Å². The first-order chi connectivity index (χ1) is 9.90. The van der Waals surface area contributed by atoms with Gasteiger partial charge in [-0.1, -0.05) is 12.1 Å². The van der Waals surface area contributed by atoms with E-state index in [9.17, 15) is 9.59 Å². The molecule has 1 amide bonds. The summed E-state index contributed by atoms with van der Waals surface area (Å²) in [6.07, 6.45) is 0.612. The molecule has 0 radical (unpaired) electrons. The lowest BCUT2D eigenvalue weighted by atomic mass is 10.0. The largest absolute Gasteiger partial charge is 0.377 e. The van der Waals surface area contributed by atoms with Gasteiger partial charge >= 0.3 is 0 Å². The van der Waals surface area contributed by atoms with Gasteiger partial charge in [0, 0.05) is 24.9 Å². The summed E-state index contributed by atoms with van der Waals surface area (Å²) in [6.45, 7) is 8.86. The molecule has 0 aliphatic heterocycles. The van der Waals surface area contributed by atoms with Crippen LogP contribution in [0.5, 0.6) is 0 Å². The van der Waals surface area contributed by atoms with E-state index in [1.807, 2.05) is 45.9 Å². The smallest absolute Gasteiger partial charge is 0.220 e. The number of rotatable bonds is 8. The Labute approximate surface area is 126 Å². The van der Waals surface area contributed by atoms with Gasteiger partial charge in [-0.3, -0.25) is 9.59 Å². The minimum Gasteiger partial charge on any atom is -0.377 e. The van der Waals surface area contributed by atoms with E-state index in [-0.39, 0.29) is 30.6 Å². The average molecular weight is 291 g/mol. The van der Waals surface area contributed by atoms with Crippen molar-refractivity contribution in [3.63, 3.8) is 0 Å². The predicted octanol–water partition coefficient (Wildman–Crippen LogP) is 2.81. The number of aryl methyl sites for hydroxylation is 2. The Morgan fingerprint density at radius 1 is 1.14 bits per heavy atom. The van der Waals surface area contributed by atoms with Crippen LogP contribution in [-0.4, -0.2) is 30.9 Å². The zero-order valence-electron chi connectivity index (χ0n) is 13.4. The highest BCUT2D eigenvalue weighted by molar-refractivity contribution is 5.98. The summed E-state index contributed by atoms with van der Waals surface area (Å²) < 4.78 is 5.33. The standard InChI is InChI=1S/C17H25NO3/c1-12(2)21-10-9-18-17(20)8-7-16(19)15-6-5-13(3)14(4)11-15/h5-6,11-12H,7-10H2,1-4H3,(H,18,20). The molecule has 0 aliphatic rings. The Kier molecular flexibility index (Phi) is 7.09. The van der Waals surface area contributed by atoms with Crippen LogP contribution < -0.4 is 5.32 Å². The molecule has 21 heavy (non-hydrogen) atoms. The van der Waals surface area contributed by atoms with E-state index in [0.29, 0.717) is 18.7 Å². The number of carbonyl (C=O) groups excluding carboxylic acids is 2. The second-order valence-corrected chi connectivity index (χ2v) is 5.49. The molecule has 0 unspecified atom stereocenters. The Hall–Kier alpha value is -1.68. The third-order valence-corrected chi connectivity index (χ3v) is 3.28. The van der Waals surface area contributed by atoms with E-state index in [2.05, 4.69) is 5.32 Å². The van der Waals surface area contributed by atoms with Crippen LogP contribution in [0.15, 0.2) is 18.2 Å². The number of benzene rings is 1. The van der Waals surface area contributed by atoms with Crippen LogP contribution in [0.2, 0.25) is 0 Å². The zero-order chi connectivity index (χ0) is 15.8. The van der Waals surface area contributed by atoms with E-state index < -0.39 is 0 Å². The van der Waals surface area contributed by atoms with Gasteiger partial charge in [0.05, 0.1) is 12.7 Å². The number of ketones is 1. The summed E-state index contributed by atoms with van der Waals surface area (Å²) in [7, 11) is 0. The fourth-order valence-electron chi connectivity index (χ4n) is 1.86. The number of hydrogen-bond donors (Lipinski definition) is 1. The van der Waals surface area contributed by atoms with Crippen LogP contribution >= 0.6 is 0 Å². The quantitative estimate of drug-likeness (QED) is 0.592. The summed E-state index contributed by atoms with van der Waals surface area (Å²) in [4.78, 5) is 23.7. The van der Waals surface area contributed by atoms with E-state index in [1.54, 1.807) is 0 Å². The molecule has 0 heterocycles. The molecule has 0 atom stereocenters. The molecule has 0 bridgehead atoms. The van der Waals surface area contributed by atoms with Crippen LogP contribution in [-0.2, 0) is 9.53 Å². The second-order valence-electron chi connectivity index (χ2n) is 5.49. The molecule has 4 nitrogen and oxygen atoms in total. The van der Waals surface area contributed by atoms with Gasteiger partial charge < -0.3 is 10.1 Å². The van der Waals surface area contributed by atoms with Crippen molar-refractivity contribution < 1.29 is 14.3 Å². The maximum Gasteiger partial charge on any atom is 0.220 e. The molecule has 1 rings (SSSR count). The van der Waals surface area contributed by atoms with Gasteiger partial charge in [-0.15, -0.1) is 0 Å². The second kappa shape index (κ2) is 8.57. The molecule has 116 valence electrons. The lowest BCUT2D eigenvalue weighted by Gasteiger charge is -2.08. The number of amides is 1. The van der Waals surface area contributed by atoms with Crippen molar-refractivity contribution in [2.75, 3.05) is 13.2 Å². The molecule has 4 heteroatoms. The third-order valence-electron chi connectivity index (χ3n) is 3.28. The van der Waals surface area contributed by atoms with E-state index in [1.165, 1.54) is 0 Å². The molecule has 1 aromatic carbocycles. The van der Waals surface area contributed by atoms with Gasteiger partial charge in [0.2, 0.25) is 5.91 Å². The SMILES string of the molecule is Cc1ccc(C(=O)CCC(=O)NCCOC(C)C)cc1C. The van der Waals surface area contributed by atoms with Gasteiger partial charge in [-0.05, 0) is 44.9 Å². The Morgan fingerprint density at radius 2 is 1.86 bits per heavy atom. The first-order valence-corrected chi connectivity index (χ1v) is 7.39. The highest BCUT2D eigenvalue weighted by atomic mass is 16.5. The summed E-state index contributed by atoms with van der Waals surface area (Å²) in [6, 6.07) is 5.64. The lowest BCUT2D eigenvalue weighted by molar-refractivity contribution is -0.121. The van der Waals surface area contributed by atoms with Crippen LogP contribution in [0, 0.1) is 13.8 Å². The molecule has 0 fully saturated rings. The minimum atomic E-state index is -0.112. The highest BCUT2D eigenvalue weighted by Gasteiger charge is 2.10. The number of Topliss-reactive ketones (excluding diaryl/α,β-unsaturated/α-hetero) is 1. The van der Waals surface area contributed by atoms with Gasteiger partial charge in [0.15, 0.2) is 5.78 Å². The van der Waals surface area contributed by atoms with Gasteiger partial charge in [0.25, 0.3) is 0 Å². The minimum absolute atomic E-state index is 0.00619. The van der Waals surface area contributed by atoms with Crippen molar-refractivity contribution in [2.24, 2.45) is 0 Å². The van der Waals surface area contributed by atoms with E-state index in [4.69, 9.17) is 4.74 Å². The highest BCUT2D eigenvalue weighted by Crippen LogP contribution is 2.12. The number of nitrogens with one attached hydrogen (secondary N) is 1. The van der Waals surface area contributed by atoms with Crippen molar-refractivity contribution in [2.45, 2.75) is 46.6 Å². The maximum atomic E-state index is 12.0. The Morgan fingerprint density at radius 3 is 2.48 bits per heavy atom. The van der Waals surface area contributed by atoms with Crippen LogP contribution in [0.1, 0.15) is 48.2 Å². The number of hydrogen-bond acceptors (Lipinski definition) is 3. The molecule has 0 aliphatic carbocycles. The Balaban J connectivity index is 2.32. The molecule has 0 aromatic heterocycles. The van der Waals surface area contributed by atoms with Crippen LogP contribution in [0.3, 0.4) is 0 Å². The van der Waals surface area contributed by atoms with E-state index in [0.717, 1.165) is 11.1 Å². The number of ether oxygens (including phenoxy) is 1. The van der Waals surface area contributed by atoms with Crippen molar-refractivity contribution in [1.29, 1.82) is 0 Å². The molecular weight excluding hydrogens is 266 g/mol. The maximum absolute atomic E-state index is 12.0. The first kappa shape index (κ1) is 17.4. The molecule has 0 saturated heterocycles. The molecule has 0 saturated carbocycles. The summed E-state index contributed by atoms with van der Waals surface area (Å²) in [5, 5.41) is 2.75. The third kappa shape index (κ3) is 6.54. The molecule has 1 N–H and O–H groups in total. The summed E-state index contributed by atoms with van der Waals surface area (Å²) in [5.41, 5.74) is 2.93. The topological polar surface area (TPSA) is 55.4 Å². The Bertz CT molecular complexity index is 495. The summed E-state index contributed by atoms with van der Waals surface area (Å²) in [5.74, 6) is -0.105. The lowest BCUT2D eigenvalue weighted by Crippen LogP contribution is -2.28. The van der Waals surface area contributed by atoms with Gasteiger partial charge in [-0.2, -0.15) is 0 Å². The first-order valence-electron chi connectivity index (χ1n) is 7.39. The van der Waals surface area contributed by atoms with Crippen LogP contribution in [0.4, 0.5) is 0 Å². The van der Waals surface area contributed by atoms with Crippen molar-refractivity contribution >= 4 is 11.7 Å². The zero-order valence-corrected chi connectivity index (χ0v) is 13.4. The predicted molar refractivity (Wildman–Crippen MR) is 83.6 cm³/mol. The monoisotopic (exact) mass is 291 g/mol. The van der Waals surface area contributed by atoms with Crippen molar-refractivity contribution in [3.8, 4) is 0 Å².